The maximum absolute atomic E-state index is 14.5. The number of rotatable bonds is 3. The largest absolute Gasteiger partial charge is 0.269 e. The highest BCUT2D eigenvalue weighted by Gasteiger charge is 2.21. The van der Waals surface area contributed by atoms with E-state index < -0.39 is 11.6 Å². The average Bonchev–Trinajstić information content (AvgIpc) is 2.58. The minimum absolute atomic E-state index is 0.130. The molecule has 1 nitrogen and oxygen atoms in total. The standard InChI is InChI=1S/C18H11F2OP/c19-14-11-15(22-21)16(12-7-3-1-4-8-12)17(18(14)20)13-9-5-2-6-10-13/h1-11H. The van der Waals surface area contributed by atoms with E-state index in [4.69, 9.17) is 0 Å². The molecule has 3 aromatic carbocycles. The van der Waals surface area contributed by atoms with Gasteiger partial charge in [-0.2, -0.15) is 0 Å². The molecule has 0 aliphatic carbocycles. The maximum atomic E-state index is 14.5. The van der Waals surface area contributed by atoms with Gasteiger partial charge in [-0.15, -0.1) is 0 Å². The Kier molecular flexibility index (Phi) is 4.08. The summed E-state index contributed by atoms with van der Waals surface area (Å²) in [4.78, 5) is 0. The summed E-state index contributed by atoms with van der Waals surface area (Å²) >= 11 is 0. The molecular weight excluding hydrogens is 301 g/mol. The Morgan fingerprint density at radius 2 is 1.23 bits per heavy atom. The lowest BCUT2D eigenvalue weighted by atomic mass is 9.93. The molecular formula is C18H11F2OP. The second-order valence-electron chi connectivity index (χ2n) is 4.76. The van der Waals surface area contributed by atoms with Crippen molar-refractivity contribution in [2.45, 2.75) is 0 Å². The predicted molar refractivity (Wildman–Crippen MR) is 84.5 cm³/mol. The molecule has 4 heteroatoms. The Morgan fingerprint density at radius 1 is 0.727 bits per heavy atom. The van der Waals surface area contributed by atoms with Gasteiger partial charge in [-0.1, -0.05) is 60.7 Å². The molecule has 0 spiro atoms. The van der Waals surface area contributed by atoms with Gasteiger partial charge >= 0.3 is 0 Å². The first-order valence-corrected chi connectivity index (χ1v) is 7.50. The van der Waals surface area contributed by atoms with Gasteiger partial charge in [0.2, 0.25) is 0 Å². The summed E-state index contributed by atoms with van der Waals surface area (Å²) in [6, 6.07) is 18.7. The van der Waals surface area contributed by atoms with Crippen molar-refractivity contribution >= 4 is 13.8 Å². The van der Waals surface area contributed by atoms with E-state index in [0.29, 0.717) is 16.7 Å². The Bertz CT molecular complexity index is 817. The highest BCUT2D eigenvalue weighted by atomic mass is 31.1. The van der Waals surface area contributed by atoms with Gasteiger partial charge in [-0.3, -0.25) is 4.57 Å². The normalized spacial score (nSPS) is 10.8. The zero-order chi connectivity index (χ0) is 15.5. The summed E-state index contributed by atoms with van der Waals surface area (Å²) in [7, 11) is -0.351. The van der Waals surface area contributed by atoms with Crippen LogP contribution in [0.3, 0.4) is 0 Å². The van der Waals surface area contributed by atoms with Crippen LogP contribution in [0.2, 0.25) is 0 Å². The minimum Gasteiger partial charge on any atom is -0.269 e. The highest BCUT2D eigenvalue weighted by Crippen LogP contribution is 2.35. The van der Waals surface area contributed by atoms with Gasteiger partial charge in [0.15, 0.2) is 20.1 Å². The van der Waals surface area contributed by atoms with Gasteiger partial charge in [0.05, 0.1) is 5.30 Å². The van der Waals surface area contributed by atoms with E-state index in [9.17, 15) is 13.3 Å². The van der Waals surface area contributed by atoms with Crippen LogP contribution in [0.1, 0.15) is 0 Å². The fraction of sp³-hybridized carbons (Fsp3) is 0. The molecule has 3 aromatic rings. The van der Waals surface area contributed by atoms with Gasteiger partial charge in [-0.05, 0) is 17.2 Å². The SMILES string of the molecule is O=Pc1cc(F)c(F)c(-c2ccccc2)c1-c1ccccc1. The van der Waals surface area contributed by atoms with Crippen LogP contribution in [-0.4, -0.2) is 0 Å². The molecule has 0 saturated carbocycles. The topological polar surface area (TPSA) is 17.1 Å². The van der Waals surface area contributed by atoms with Gasteiger partial charge < -0.3 is 0 Å². The molecule has 0 aromatic heterocycles. The first-order chi connectivity index (χ1) is 10.7. The third-order valence-electron chi connectivity index (χ3n) is 3.42. The molecule has 0 aliphatic rings. The lowest BCUT2D eigenvalue weighted by Crippen LogP contribution is -2.06. The number of hydrogen-bond donors (Lipinski definition) is 0. The lowest BCUT2D eigenvalue weighted by molar-refractivity contribution is 0.512. The summed E-state index contributed by atoms with van der Waals surface area (Å²) in [6.45, 7) is 0. The van der Waals surface area contributed by atoms with Gasteiger partial charge in [-0.25, -0.2) is 8.78 Å². The summed E-state index contributed by atoms with van der Waals surface area (Å²) in [5.41, 5.74) is 1.81. The van der Waals surface area contributed by atoms with Crippen LogP contribution in [0.25, 0.3) is 22.3 Å². The van der Waals surface area contributed by atoms with Gasteiger partial charge in [0.1, 0.15) is 0 Å². The van der Waals surface area contributed by atoms with Crippen molar-refractivity contribution in [3.63, 3.8) is 0 Å². The van der Waals surface area contributed by atoms with E-state index in [1.807, 2.05) is 6.07 Å². The predicted octanol–water partition coefficient (Wildman–Crippen LogP) is 5.22. The monoisotopic (exact) mass is 312 g/mol. The average molecular weight is 312 g/mol. The van der Waals surface area contributed by atoms with Crippen LogP contribution in [0.15, 0.2) is 66.7 Å². The Labute approximate surface area is 128 Å². The van der Waals surface area contributed by atoms with E-state index >= 15 is 0 Å². The van der Waals surface area contributed by atoms with Gasteiger partial charge in [0.25, 0.3) is 0 Å². The second-order valence-corrected chi connectivity index (χ2v) is 5.43. The zero-order valence-electron chi connectivity index (χ0n) is 11.5. The molecule has 0 saturated heterocycles. The Hall–Kier alpha value is -2.38. The van der Waals surface area contributed by atoms with Crippen LogP contribution in [0.5, 0.6) is 0 Å². The fourth-order valence-corrected chi connectivity index (χ4v) is 2.96. The quantitative estimate of drug-likeness (QED) is 0.606. The molecule has 0 aliphatic heterocycles. The summed E-state index contributed by atoms with van der Waals surface area (Å²) in [5.74, 6) is -1.94. The maximum Gasteiger partial charge on any atom is 0.193 e. The molecule has 0 fully saturated rings. The van der Waals surface area contributed by atoms with Crippen LogP contribution in [-0.2, 0) is 4.57 Å². The molecule has 0 atom stereocenters. The molecule has 0 N–H and O–H groups in total. The molecule has 0 amide bonds. The van der Waals surface area contributed by atoms with Crippen LogP contribution >= 0.6 is 8.46 Å². The summed E-state index contributed by atoms with van der Waals surface area (Å²) < 4.78 is 39.8. The van der Waals surface area contributed by atoms with E-state index in [1.54, 1.807) is 54.6 Å². The second kappa shape index (κ2) is 6.17. The number of halogens is 2. The van der Waals surface area contributed by atoms with Crippen molar-refractivity contribution in [3.05, 3.63) is 78.4 Å². The molecule has 0 bridgehead atoms. The van der Waals surface area contributed by atoms with E-state index in [2.05, 4.69) is 0 Å². The zero-order valence-corrected chi connectivity index (χ0v) is 12.4. The first-order valence-electron chi connectivity index (χ1n) is 6.68. The smallest absolute Gasteiger partial charge is 0.193 e. The van der Waals surface area contributed by atoms with Gasteiger partial charge in [0, 0.05) is 11.1 Å². The van der Waals surface area contributed by atoms with Crippen LogP contribution < -0.4 is 5.30 Å². The number of hydrogen-bond acceptors (Lipinski definition) is 1. The summed E-state index contributed by atoms with van der Waals surface area (Å²) in [5, 5.41) is 0.226. The van der Waals surface area contributed by atoms with Crippen molar-refractivity contribution in [1.29, 1.82) is 0 Å². The van der Waals surface area contributed by atoms with Crippen molar-refractivity contribution < 1.29 is 13.3 Å². The molecule has 0 heterocycles. The van der Waals surface area contributed by atoms with Crippen LogP contribution in [0, 0.1) is 11.6 Å². The molecule has 108 valence electrons. The highest BCUT2D eigenvalue weighted by molar-refractivity contribution is 7.34. The Balaban J connectivity index is 2.41. The fourth-order valence-electron chi connectivity index (χ4n) is 2.46. The third kappa shape index (κ3) is 2.56. The van der Waals surface area contributed by atoms with Crippen molar-refractivity contribution in [1.82, 2.24) is 0 Å². The third-order valence-corrected chi connectivity index (χ3v) is 3.97. The van der Waals surface area contributed by atoms with E-state index in [-0.39, 0.29) is 19.3 Å². The molecule has 22 heavy (non-hydrogen) atoms. The molecule has 0 unspecified atom stereocenters. The van der Waals surface area contributed by atoms with Crippen molar-refractivity contribution in [2.75, 3.05) is 0 Å². The van der Waals surface area contributed by atoms with Crippen molar-refractivity contribution in [3.8, 4) is 22.3 Å². The van der Waals surface area contributed by atoms with E-state index in [0.717, 1.165) is 6.07 Å². The number of benzene rings is 3. The Morgan fingerprint density at radius 3 is 1.73 bits per heavy atom. The minimum atomic E-state index is -1.00. The van der Waals surface area contributed by atoms with Crippen molar-refractivity contribution in [2.24, 2.45) is 0 Å². The molecule has 0 radical (unpaired) electrons. The van der Waals surface area contributed by atoms with E-state index in [1.165, 1.54) is 0 Å². The lowest BCUT2D eigenvalue weighted by Gasteiger charge is -2.14. The summed E-state index contributed by atoms with van der Waals surface area (Å²) in [6.07, 6.45) is 0. The van der Waals surface area contributed by atoms with Crippen LogP contribution in [0.4, 0.5) is 8.78 Å². The molecule has 3 rings (SSSR count). The first kappa shape index (κ1) is 14.6.